The maximum absolute atomic E-state index is 9.89. The fourth-order valence-electron chi connectivity index (χ4n) is 4.13. The van der Waals surface area contributed by atoms with Gasteiger partial charge >= 0.3 is 0 Å². The van der Waals surface area contributed by atoms with Crippen LogP contribution in [0.5, 0.6) is 0 Å². The predicted molar refractivity (Wildman–Crippen MR) is 120 cm³/mol. The van der Waals surface area contributed by atoms with Crippen LogP contribution < -0.4 is 5.32 Å². The van der Waals surface area contributed by atoms with Crippen molar-refractivity contribution in [1.29, 1.82) is 0 Å². The molecule has 1 aliphatic rings. The van der Waals surface area contributed by atoms with Gasteiger partial charge in [-0.3, -0.25) is 0 Å². The Morgan fingerprint density at radius 1 is 1.21 bits per heavy atom. The third-order valence-corrected chi connectivity index (χ3v) is 6.61. The minimum atomic E-state index is -0.185. The zero-order valence-electron chi connectivity index (χ0n) is 16.2. The Morgan fingerprint density at radius 2 is 2.14 bits per heavy atom. The Bertz CT molecular complexity index is 1180. The molecule has 2 atom stereocenters. The SMILES string of the molecule is C=Cc1ccc2c(c1)ncn2Cc1ccc2nc(N[C@@H]3CCC[C@@H](O)C3)sc2c1. The Balaban J connectivity index is 1.36. The lowest BCUT2D eigenvalue weighted by Crippen LogP contribution is -2.29. The number of aliphatic hydroxyl groups excluding tert-OH is 1. The zero-order chi connectivity index (χ0) is 19.8. The maximum Gasteiger partial charge on any atom is 0.184 e. The molecule has 4 aromatic rings. The highest BCUT2D eigenvalue weighted by molar-refractivity contribution is 7.22. The van der Waals surface area contributed by atoms with Crippen LogP contribution in [0.25, 0.3) is 27.3 Å². The van der Waals surface area contributed by atoms with Gasteiger partial charge < -0.3 is 15.0 Å². The van der Waals surface area contributed by atoms with Crippen molar-refractivity contribution in [2.24, 2.45) is 0 Å². The molecule has 0 unspecified atom stereocenters. The van der Waals surface area contributed by atoms with E-state index in [0.29, 0.717) is 6.04 Å². The molecule has 2 aromatic carbocycles. The number of nitrogens with one attached hydrogen (secondary N) is 1. The van der Waals surface area contributed by atoms with Gasteiger partial charge in [-0.25, -0.2) is 9.97 Å². The number of aromatic nitrogens is 3. The molecule has 0 aliphatic heterocycles. The molecule has 1 saturated carbocycles. The number of hydrogen-bond acceptors (Lipinski definition) is 5. The molecule has 0 spiro atoms. The molecule has 6 heteroatoms. The summed E-state index contributed by atoms with van der Waals surface area (Å²) in [5, 5.41) is 14.4. The Kier molecular flexibility index (Phi) is 4.81. The van der Waals surface area contributed by atoms with Crippen LogP contribution in [0.1, 0.15) is 36.8 Å². The Morgan fingerprint density at radius 3 is 3.00 bits per heavy atom. The molecule has 29 heavy (non-hydrogen) atoms. The largest absolute Gasteiger partial charge is 0.393 e. The van der Waals surface area contributed by atoms with Crippen molar-refractivity contribution in [2.45, 2.75) is 44.4 Å². The number of anilines is 1. The first-order valence-electron chi connectivity index (χ1n) is 10.1. The van der Waals surface area contributed by atoms with Gasteiger partial charge in [0, 0.05) is 12.6 Å². The topological polar surface area (TPSA) is 63.0 Å². The van der Waals surface area contributed by atoms with Crippen LogP contribution in [0, 0.1) is 0 Å². The summed E-state index contributed by atoms with van der Waals surface area (Å²) in [5.74, 6) is 0. The first-order valence-corrected chi connectivity index (χ1v) is 10.9. The molecule has 0 bridgehead atoms. The van der Waals surface area contributed by atoms with Crippen LogP contribution in [0.15, 0.2) is 49.3 Å². The summed E-state index contributed by atoms with van der Waals surface area (Å²) >= 11 is 1.69. The van der Waals surface area contributed by atoms with E-state index in [2.05, 4.69) is 57.8 Å². The maximum atomic E-state index is 9.89. The summed E-state index contributed by atoms with van der Waals surface area (Å²) in [6.45, 7) is 4.60. The van der Waals surface area contributed by atoms with Gasteiger partial charge in [0.05, 0.1) is 33.7 Å². The number of imidazole rings is 1. The number of thiazole rings is 1. The molecule has 2 aromatic heterocycles. The third kappa shape index (κ3) is 3.78. The minimum absolute atomic E-state index is 0.185. The molecular weight excluding hydrogens is 380 g/mol. The number of benzene rings is 2. The van der Waals surface area contributed by atoms with Crippen LogP contribution in [0.2, 0.25) is 0 Å². The Labute approximate surface area is 173 Å². The fraction of sp³-hybridized carbons (Fsp3) is 0.304. The molecule has 2 N–H and O–H groups in total. The highest BCUT2D eigenvalue weighted by Gasteiger charge is 2.21. The lowest BCUT2D eigenvalue weighted by Gasteiger charge is -2.26. The summed E-state index contributed by atoms with van der Waals surface area (Å²) in [6.07, 6.45) is 7.45. The average molecular weight is 405 g/mol. The first-order chi connectivity index (χ1) is 14.2. The summed E-state index contributed by atoms with van der Waals surface area (Å²) in [5.41, 5.74) is 5.44. The molecule has 0 amide bonds. The highest BCUT2D eigenvalue weighted by atomic mass is 32.1. The second-order valence-electron chi connectivity index (χ2n) is 7.81. The van der Waals surface area contributed by atoms with Gasteiger partial charge in [0.15, 0.2) is 5.13 Å². The summed E-state index contributed by atoms with van der Waals surface area (Å²) in [6, 6.07) is 13.0. The zero-order valence-corrected chi connectivity index (χ0v) is 17.0. The first kappa shape index (κ1) is 18.3. The average Bonchev–Trinajstić information content (AvgIpc) is 3.30. The number of hydrogen-bond donors (Lipinski definition) is 2. The molecule has 5 rings (SSSR count). The third-order valence-electron chi connectivity index (χ3n) is 5.66. The summed E-state index contributed by atoms with van der Waals surface area (Å²) in [7, 11) is 0. The standard InChI is InChI=1S/C23H24N4OS/c1-2-15-7-9-21-20(10-15)24-14-27(21)13-16-6-8-19-22(11-16)29-23(26-19)25-17-4-3-5-18(28)12-17/h2,6-11,14,17-18,28H,1,3-5,12-13H2,(H,25,26)/t17-,18-/m1/s1. The summed E-state index contributed by atoms with van der Waals surface area (Å²) in [4.78, 5) is 9.27. The van der Waals surface area contributed by atoms with E-state index in [-0.39, 0.29) is 6.10 Å². The van der Waals surface area contributed by atoms with Crippen LogP contribution >= 0.6 is 11.3 Å². The minimum Gasteiger partial charge on any atom is -0.393 e. The van der Waals surface area contributed by atoms with Gasteiger partial charge in [0.1, 0.15) is 0 Å². The molecule has 1 fully saturated rings. The van der Waals surface area contributed by atoms with Gasteiger partial charge in [0.25, 0.3) is 0 Å². The smallest absolute Gasteiger partial charge is 0.184 e. The van der Waals surface area contributed by atoms with Crippen LogP contribution in [0.4, 0.5) is 5.13 Å². The second-order valence-corrected chi connectivity index (χ2v) is 8.84. The Hall–Kier alpha value is -2.70. The highest BCUT2D eigenvalue weighted by Crippen LogP contribution is 2.30. The number of nitrogens with zero attached hydrogens (tertiary/aromatic N) is 3. The molecule has 5 nitrogen and oxygen atoms in total. The van der Waals surface area contributed by atoms with Crippen molar-refractivity contribution in [1.82, 2.24) is 14.5 Å². The number of rotatable bonds is 5. The predicted octanol–water partition coefficient (Wildman–Crippen LogP) is 5.05. The van der Waals surface area contributed by atoms with Gasteiger partial charge in [0.2, 0.25) is 0 Å². The van der Waals surface area contributed by atoms with Crippen molar-refractivity contribution in [3.05, 3.63) is 60.4 Å². The fourth-order valence-corrected chi connectivity index (χ4v) is 5.14. The van der Waals surface area contributed by atoms with Gasteiger partial charge in [-0.2, -0.15) is 0 Å². The van der Waals surface area contributed by atoms with Crippen LogP contribution in [-0.2, 0) is 6.54 Å². The van der Waals surface area contributed by atoms with E-state index in [1.165, 1.54) is 10.3 Å². The van der Waals surface area contributed by atoms with Gasteiger partial charge in [-0.15, -0.1) is 0 Å². The van der Waals surface area contributed by atoms with Gasteiger partial charge in [-0.05, 0) is 61.1 Å². The van der Waals surface area contributed by atoms with E-state index in [0.717, 1.165) is 59.5 Å². The molecule has 0 radical (unpaired) electrons. The lowest BCUT2D eigenvalue weighted by molar-refractivity contribution is 0.124. The summed E-state index contributed by atoms with van der Waals surface area (Å²) < 4.78 is 3.35. The van der Waals surface area contributed by atoms with E-state index in [9.17, 15) is 5.11 Å². The van der Waals surface area contributed by atoms with Crippen molar-refractivity contribution >= 4 is 43.8 Å². The molecule has 1 aliphatic carbocycles. The van der Waals surface area contributed by atoms with E-state index >= 15 is 0 Å². The molecule has 148 valence electrons. The second kappa shape index (κ2) is 7.61. The lowest BCUT2D eigenvalue weighted by atomic mass is 9.93. The number of aliphatic hydroxyl groups is 1. The van der Waals surface area contributed by atoms with E-state index < -0.39 is 0 Å². The van der Waals surface area contributed by atoms with Crippen LogP contribution in [-0.4, -0.2) is 31.8 Å². The molecule has 0 saturated heterocycles. The van der Waals surface area contributed by atoms with E-state index in [4.69, 9.17) is 4.98 Å². The molecule has 2 heterocycles. The molecular formula is C23H24N4OS. The number of fused-ring (bicyclic) bond motifs is 2. The normalized spacial score (nSPS) is 19.6. The van der Waals surface area contributed by atoms with Crippen molar-refractivity contribution in [2.75, 3.05) is 5.32 Å². The quantitative estimate of drug-likeness (QED) is 0.488. The van der Waals surface area contributed by atoms with Gasteiger partial charge in [-0.1, -0.05) is 36.1 Å². The van der Waals surface area contributed by atoms with Crippen LogP contribution in [0.3, 0.4) is 0 Å². The van der Waals surface area contributed by atoms with E-state index in [1.54, 1.807) is 11.3 Å². The monoisotopic (exact) mass is 404 g/mol. The van der Waals surface area contributed by atoms with Crippen molar-refractivity contribution in [3.8, 4) is 0 Å². The van der Waals surface area contributed by atoms with Crippen molar-refractivity contribution in [3.63, 3.8) is 0 Å². The van der Waals surface area contributed by atoms with Crippen molar-refractivity contribution < 1.29 is 5.11 Å². The van der Waals surface area contributed by atoms with E-state index in [1.807, 2.05) is 12.4 Å².